The molecule has 1 aliphatic rings. The number of carbonyl (C=O) groups excluding carboxylic acids is 1. The fraction of sp³-hybridized carbons (Fsp3) is 0.240. The lowest BCUT2D eigenvalue weighted by molar-refractivity contribution is -0.118. The Balaban J connectivity index is 1.65. The highest BCUT2D eigenvalue weighted by atomic mass is 79.9. The Bertz CT molecular complexity index is 1300. The van der Waals surface area contributed by atoms with Crippen LogP contribution in [0.2, 0.25) is 5.02 Å². The van der Waals surface area contributed by atoms with Crippen LogP contribution in [0.5, 0.6) is 5.75 Å². The number of amides is 1. The van der Waals surface area contributed by atoms with Crippen LogP contribution >= 0.6 is 27.5 Å². The Kier molecular flexibility index (Phi) is 7.62. The van der Waals surface area contributed by atoms with Gasteiger partial charge in [0.1, 0.15) is 5.75 Å². The summed E-state index contributed by atoms with van der Waals surface area (Å²) >= 11 is 9.73. The van der Waals surface area contributed by atoms with Crippen molar-refractivity contribution in [1.82, 2.24) is 4.31 Å². The van der Waals surface area contributed by atoms with Crippen molar-refractivity contribution in [3.63, 3.8) is 0 Å². The summed E-state index contributed by atoms with van der Waals surface area (Å²) in [6, 6.07) is 19.3. The summed E-state index contributed by atoms with van der Waals surface area (Å²) in [5.74, 6) is 0.131. The predicted octanol–water partition coefficient (Wildman–Crippen LogP) is 5.28. The van der Waals surface area contributed by atoms with Gasteiger partial charge < -0.3 is 9.64 Å². The molecule has 0 N–H and O–H groups in total. The van der Waals surface area contributed by atoms with Gasteiger partial charge in [0.15, 0.2) is 0 Å². The first-order valence-corrected chi connectivity index (χ1v) is 13.5. The Morgan fingerprint density at radius 2 is 1.88 bits per heavy atom. The molecule has 0 spiro atoms. The summed E-state index contributed by atoms with van der Waals surface area (Å²) < 4.78 is 34.9. The van der Waals surface area contributed by atoms with E-state index in [4.69, 9.17) is 16.3 Å². The second kappa shape index (κ2) is 10.5. The van der Waals surface area contributed by atoms with E-state index in [1.807, 2.05) is 55.5 Å². The van der Waals surface area contributed by atoms with E-state index in [1.54, 1.807) is 4.90 Å². The molecule has 0 saturated heterocycles. The SMILES string of the molecule is CCOc1ccc(S(=O)(=O)N(CC(=O)N2CCc3cc(Br)ccc32)Cc2ccccc2)cc1Cl. The molecule has 0 bridgehead atoms. The molecule has 1 aliphatic heterocycles. The van der Waals surface area contributed by atoms with E-state index in [0.29, 0.717) is 18.9 Å². The van der Waals surface area contributed by atoms with Crippen LogP contribution in [0.4, 0.5) is 5.69 Å². The van der Waals surface area contributed by atoms with Gasteiger partial charge in [-0.2, -0.15) is 4.31 Å². The molecule has 0 unspecified atom stereocenters. The molecular weight excluding hydrogens is 540 g/mol. The van der Waals surface area contributed by atoms with Crippen molar-refractivity contribution < 1.29 is 17.9 Å². The summed E-state index contributed by atoms with van der Waals surface area (Å²) in [5, 5.41) is 0.202. The van der Waals surface area contributed by atoms with Crippen molar-refractivity contribution in [2.75, 3.05) is 24.6 Å². The summed E-state index contributed by atoms with van der Waals surface area (Å²) in [4.78, 5) is 15.0. The van der Waals surface area contributed by atoms with Crippen LogP contribution in [0, 0.1) is 0 Å². The standard InChI is InChI=1S/C25H24BrClN2O4S/c1-2-33-24-11-9-21(15-22(24)27)34(31,32)28(16-18-6-4-3-5-7-18)17-25(30)29-13-12-19-14-20(26)8-10-23(19)29/h3-11,14-15H,2,12-13,16-17H2,1H3. The monoisotopic (exact) mass is 562 g/mol. The van der Waals surface area contributed by atoms with Gasteiger partial charge in [-0.15, -0.1) is 0 Å². The Morgan fingerprint density at radius 3 is 2.59 bits per heavy atom. The zero-order valence-corrected chi connectivity index (χ0v) is 21.7. The maximum Gasteiger partial charge on any atom is 0.243 e. The van der Waals surface area contributed by atoms with Gasteiger partial charge in [0, 0.05) is 23.2 Å². The van der Waals surface area contributed by atoms with E-state index in [9.17, 15) is 13.2 Å². The normalized spacial score (nSPS) is 13.2. The minimum absolute atomic E-state index is 0.00966. The lowest BCUT2D eigenvalue weighted by Crippen LogP contribution is -2.42. The van der Waals surface area contributed by atoms with Crippen molar-refractivity contribution in [2.45, 2.75) is 24.8 Å². The molecule has 178 valence electrons. The van der Waals surface area contributed by atoms with Crippen LogP contribution in [0.1, 0.15) is 18.1 Å². The summed E-state index contributed by atoms with van der Waals surface area (Å²) in [5.41, 5.74) is 2.65. The van der Waals surface area contributed by atoms with Gasteiger partial charge >= 0.3 is 0 Å². The average Bonchev–Trinajstić information content (AvgIpc) is 3.24. The van der Waals surface area contributed by atoms with E-state index in [1.165, 1.54) is 22.5 Å². The molecule has 0 aromatic heterocycles. The molecule has 34 heavy (non-hydrogen) atoms. The lowest BCUT2D eigenvalue weighted by atomic mass is 10.2. The molecule has 0 saturated carbocycles. The molecule has 9 heteroatoms. The van der Waals surface area contributed by atoms with E-state index in [-0.39, 0.29) is 28.9 Å². The van der Waals surface area contributed by atoms with Gasteiger partial charge in [0.25, 0.3) is 0 Å². The highest BCUT2D eigenvalue weighted by Gasteiger charge is 2.32. The third kappa shape index (κ3) is 5.30. The van der Waals surface area contributed by atoms with Crippen LogP contribution in [0.15, 0.2) is 76.1 Å². The van der Waals surface area contributed by atoms with Gasteiger partial charge in [0.05, 0.1) is 23.1 Å². The van der Waals surface area contributed by atoms with Gasteiger partial charge in [-0.1, -0.05) is 57.9 Å². The Hall–Kier alpha value is -2.39. The highest BCUT2D eigenvalue weighted by molar-refractivity contribution is 9.10. The van der Waals surface area contributed by atoms with E-state index >= 15 is 0 Å². The summed E-state index contributed by atoms with van der Waals surface area (Å²) in [7, 11) is -4.02. The summed E-state index contributed by atoms with van der Waals surface area (Å²) in [6.45, 7) is 2.51. The first kappa shape index (κ1) is 24.7. The van der Waals surface area contributed by atoms with E-state index in [0.717, 1.165) is 27.7 Å². The van der Waals surface area contributed by atoms with Crippen LogP contribution < -0.4 is 9.64 Å². The number of carbonyl (C=O) groups is 1. The number of halogens is 2. The molecule has 0 aliphatic carbocycles. The molecule has 0 radical (unpaired) electrons. The first-order chi connectivity index (χ1) is 16.3. The fourth-order valence-electron chi connectivity index (χ4n) is 3.94. The maximum absolute atomic E-state index is 13.6. The Labute approximate surface area is 213 Å². The molecular formula is C25H24BrClN2O4S. The molecule has 0 atom stereocenters. The smallest absolute Gasteiger partial charge is 0.243 e. The molecule has 6 nitrogen and oxygen atoms in total. The molecule has 0 fully saturated rings. The van der Waals surface area contributed by atoms with Crippen LogP contribution in [0.25, 0.3) is 0 Å². The van der Waals surface area contributed by atoms with Crippen LogP contribution in [0.3, 0.4) is 0 Å². The number of sulfonamides is 1. The number of ether oxygens (including phenoxy) is 1. The highest BCUT2D eigenvalue weighted by Crippen LogP contribution is 2.32. The van der Waals surface area contributed by atoms with Gasteiger partial charge in [-0.05, 0) is 60.9 Å². The zero-order chi connectivity index (χ0) is 24.3. The van der Waals surface area contributed by atoms with Gasteiger partial charge in [-0.25, -0.2) is 8.42 Å². The maximum atomic E-state index is 13.6. The predicted molar refractivity (Wildman–Crippen MR) is 137 cm³/mol. The quantitative estimate of drug-likeness (QED) is 0.374. The first-order valence-electron chi connectivity index (χ1n) is 10.8. The second-order valence-corrected chi connectivity index (χ2v) is 11.1. The third-order valence-corrected chi connectivity index (χ3v) is 8.17. The number of anilines is 1. The topological polar surface area (TPSA) is 66.9 Å². The fourth-order valence-corrected chi connectivity index (χ4v) is 6.05. The van der Waals surface area contributed by atoms with Crippen LogP contribution in [-0.4, -0.2) is 38.3 Å². The second-order valence-electron chi connectivity index (χ2n) is 7.85. The Morgan fingerprint density at radius 1 is 1.12 bits per heavy atom. The van der Waals surface area contributed by atoms with Crippen molar-refractivity contribution in [3.8, 4) is 5.75 Å². The minimum Gasteiger partial charge on any atom is -0.492 e. The molecule has 3 aromatic carbocycles. The zero-order valence-electron chi connectivity index (χ0n) is 18.6. The molecule has 3 aromatic rings. The molecule has 4 rings (SSSR count). The van der Waals surface area contributed by atoms with E-state index < -0.39 is 10.0 Å². The number of fused-ring (bicyclic) bond motifs is 1. The average molecular weight is 564 g/mol. The molecule has 1 heterocycles. The largest absolute Gasteiger partial charge is 0.492 e. The molecule has 1 amide bonds. The number of hydrogen-bond acceptors (Lipinski definition) is 4. The number of hydrogen-bond donors (Lipinski definition) is 0. The summed E-state index contributed by atoms with van der Waals surface area (Å²) in [6.07, 6.45) is 0.723. The third-order valence-electron chi connectivity index (χ3n) is 5.59. The van der Waals surface area contributed by atoms with Crippen molar-refractivity contribution in [3.05, 3.63) is 87.4 Å². The van der Waals surface area contributed by atoms with E-state index in [2.05, 4.69) is 15.9 Å². The number of rotatable bonds is 8. The van der Waals surface area contributed by atoms with Gasteiger partial charge in [0.2, 0.25) is 15.9 Å². The van der Waals surface area contributed by atoms with Gasteiger partial charge in [-0.3, -0.25) is 4.79 Å². The van der Waals surface area contributed by atoms with Crippen LogP contribution in [-0.2, 0) is 27.8 Å². The van der Waals surface area contributed by atoms with Crippen molar-refractivity contribution >= 4 is 49.1 Å². The lowest BCUT2D eigenvalue weighted by Gasteiger charge is -2.25. The minimum atomic E-state index is -4.02. The number of nitrogens with zero attached hydrogens (tertiary/aromatic N) is 2. The van der Waals surface area contributed by atoms with Crippen molar-refractivity contribution in [1.29, 1.82) is 0 Å². The van der Waals surface area contributed by atoms with Crippen molar-refractivity contribution in [2.24, 2.45) is 0 Å². The number of benzene rings is 3.